The molecule has 0 spiro atoms. The number of aryl methyl sites for hydroxylation is 1. The lowest BCUT2D eigenvalue weighted by molar-refractivity contribution is -0.130. The summed E-state index contributed by atoms with van der Waals surface area (Å²) in [7, 11) is 1.68. The fourth-order valence-corrected chi connectivity index (χ4v) is 4.30. The minimum Gasteiger partial charge on any atom is -0.365 e. The SMILES string of the molecule is Cn1c(N2CCOC(C(=O)N3CCCc4ccccc43)C2)nc(-c2ccncn2)cc1=O. The maximum Gasteiger partial charge on any atom is 0.257 e. The standard InChI is InChI=1S/C23H24N6O3/c1-27-21(30)13-18(17-8-9-24-15-25-17)26-23(27)28-11-12-32-20(14-28)22(31)29-10-4-6-16-5-2-3-7-19(16)29/h2-3,5,7-9,13,15,20H,4,6,10-12,14H2,1H3. The highest BCUT2D eigenvalue weighted by molar-refractivity contribution is 5.98. The minimum absolute atomic E-state index is 0.0567. The van der Waals surface area contributed by atoms with E-state index in [2.05, 4.69) is 21.0 Å². The lowest BCUT2D eigenvalue weighted by atomic mass is 10.0. The smallest absolute Gasteiger partial charge is 0.257 e. The first-order valence-electron chi connectivity index (χ1n) is 10.7. The van der Waals surface area contributed by atoms with Gasteiger partial charge in [0.2, 0.25) is 5.95 Å². The van der Waals surface area contributed by atoms with Gasteiger partial charge < -0.3 is 14.5 Å². The van der Waals surface area contributed by atoms with E-state index in [0.29, 0.717) is 43.6 Å². The van der Waals surface area contributed by atoms with Gasteiger partial charge >= 0.3 is 0 Å². The van der Waals surface area contributed by atoms with Gasteiger partial charge in [0.05, 0.1) is 24.5 Å². The maximum atomic E-state index is 13.4. The molecule has 4 heterocycles. The Morgan fingerprint density at radius 2 is 2.03 bits per heavy atom. The third-order valence-corrected chi connectivity index (χ3v) is 5.96. The van der Waals surface area contributed by atoms with E-state index in [1.807, 2.05) is 28.0 Å². The summed E-state index contributed by atoms with van der Waals surface area (Å²) in [4.78, 5) is 42.6. The monoisotopic (exact) mass is 432 g/mol. The van der Waals surface area contributed by atoms with Crippen molar-refractivity contribution in [3.63, 3.8) is 0 Å². The van der Waals surface area contributed by atoms with E-state index in [1.165, 1.54) is 22.5 Å². The molecule has 2 aliphatic heterocycles. The van der Waals surface area contributed by atoms with Gasteiger partial charge in [-0.3, -0.25) is 14.2 Å². The Labute approximate surface area is 185 Å². The molecule has 0 saturated carbocycles. The Hall–Kier alpha value is -3.59. The number of carbonyl (C=O) groups is 1. The Balaban J connectivity index is 1.42. The molecule has 0 aliphatic carbocycles. The summed E-state index contributed by atoms with van der Waals surface area (Å²) in [6.07, 6.45) is 4.31. The Morgan fingerprint density at radius 1 is 1.16 bits per heavy atom. The van der Waals surface area contributed by atoms with E-state index in [-0.39, 0.29) is 11.5 Å². The fraction of sp³-hybridized carbons (Fsp3) is 0.348. The molecule has 9 heteroatoms. The highest BCUT2D eigenvalue weighted by atomic mass is 16.5. The molecule has 1 amide bonds. The number of carbonyl (C=O) groups excluding carboxylic acids is 1. The van der Waals surface area contributed by atoms with E-state index >= 15 is 0 Å². The Morgan fingerprint density at radius 3 is 2.88 bits per heavy atom. The minimum atomic E-state index is -0.630. The molecular formula is C23H24N6O3. The van der Waals surface area contributed by atoms with Gasteiger partial charge in [-0.25, -0.2) is 15.0 Å². The number of fused-ring (bicyclic) bond motifs is 1. The van der Waals surface area contributed by atoms with Gasteiger partial charge in [0.25, 0.3) is 11.5 Å². The molecule has 1 unspecified atom stereocenters. The van der Waals surface area contributed by atoms with Gasteiger partial charge in [-0.05, 0) is 30.5 Å². The second kappa shape index (κ2) is 8.51. The average molecular weight is 432 g/mol. The second-order valence-corrected chi connectivity index (χ2v) is 7.96. The zero-order valence-electron chi connectivity index (χ0n) is 17.8. The van der Waals surface area contributed by atoms with Gasteiger partial charge in [0, 0.05) is 38.1 Å². The molecule has 1 fully saturated rings. The van der Waals surface area contributed by atoms with Crippen molar-refractivity contribution in [2.45, 2.75) is 18.9 Å². The number of hydrogen-bond acceptors (Lipinski definition) is 7. The normalized spacial score (nSPS) is 18.3. The van der Waals surface area contributed by atoms with Crippen LogP contribution in [0.1, 0.15) is 12.0 Å². The lowest BCUT2D eigenvalue weighted by Gasteiger charge is -2.37. The van der Waals surface area contributed by atoms with E-state index in [0.717, 1.165) is 18.5 Å². The van der Waals surface area contributed by atoms with Gasteiger partial charge in [-0.1, -0.05) is 18.2 Å². The van der Waals surface area contributed by atoms with Crippen LogP contribution in [-0.4, -0.2) is 57.8 Å². The summed E-state index contributed by atoms with van der Waals surface area (Å²) in [5.74, 6) is 0.435. The zero-order chi connectivity index (χ0) is 22.1. The molecule has 3 aromatic rings. The van der Waals surface area contributed by atoms with Crippen molar-refractivity contribution in [1.82, 2.24) is 19.5 Å². The summed E-state index contributed by atoms with van der Waals surface area (Å²) < 4.78 is 7.37. The number of hydrogen-bond donors (Lipinski definition) is 0. The third kappa shape index (κ3) is 3.75. The van der Waals surface area contributed by atoms with Crippen LogP contribution in [0.15, 0.2) is 53.7 Å². The van der Waals surface area contributed by atoms with Crippen molar-refractivity contribution < 1.29 is 9.53 Å². The number of amides is 1. The van der Waals surface area contributed by atoms with Gasteiger partial charge in [0.1, 0.15) is 6.33 Å². The fourth-order valence-electron chi connectivity index (χ4n) is 4.30. The molecule has 1 aromatic carbocycles. The van der Waals surface area contributed by atoms with Crippen LogP contribution in [0.25, 0.3) is 11.4 Å². The molecule has 164 valence electrons. The number of nitrogens with zero attached hydrogens (tertiary/aromatic N) is 6. The van der Waals surface area contributed by atoms with Crippen molar-refractivity contribution in [2.75, 3.05) is 36.0 Å². The third-order valence-electron chi connectivity index (χ3n) is 5.96. The first-order valence-corrected chi connectivity index (χ1v) is 10.7. The van der Waals surface area contributed by atoms with Crippen LogP contribution in [0.2, 0.25) is 0 Å². The summed E-state index contributed by atoms with van der Waals surface area (Å²) in [6.45, 7) is 1.91. The molecule has 1 saturated heterocycles. The molecule has 1 atom stereocenters. The van der Waals surface area contributed by atoms with E-state index in [1.54, 1.807) is 19.3 Å². The molecule has 9 nitrogen and oxygen atoms in total. The van der Waals surface area contributed by atoms with E-state index < -0.39 is 6.10 Å². The van der Waals surface area contributed by atoms with Crippen LogP contribution < -0.4 is 15.4 Å². The van der Waals surface area contributed by atoms with Crippen molar-refractivity contribution >= 4 is 17.5 Å². The Kier molecular flexibility index (Phi) is 5.40. The number of morpholine rings is 1. The topological polar surface area (TPSA) is 93.4 Å². The van der Waals surface area contributed by atoms with Gasteiger partial charge in [-0.15, -0.1) is 0 Å². The van der Waals surface area contributed by atoms with Crippen LogP contribution in [0.5, 0.6) is 0 Å². The summed E-state index contributed by atoms with van der Waals surface area (Å²) in [5, 5.41) is 0. The van der Waals surface area contributed by atoms with Crippen molar-refractivity contribution in [1.29, 1.82) is 0 Å². The van der Waals surface area contributed by atoms with Crippen LogP contribution in [0.3, 0.4) is 0 Å². The van der Waals surface area contributed by atoms with Gasteiger partial charge in [0.15, 0.2) is 6.10 Å². The zero-order valence-corrected chi connectivity index (χ0v) is 17.8. The maximum absolute atomic E-state index is 13.4. The first kappa shape index (κ1) is 20.3. The average Bonchev–Trinajstić information content (AvgIpc) is 2.85. The number of para-hydroxylation sites is 1. The van der Waals surface area contributed by atoms with Crippen molar-refractivity contribution in [2.24, 2.45) is 7.05 Å². The van der Waals surface area contributed by atoms with Crippen LogP contribution >= 0.6 is 0 Å². The number of rotatable bonds is 3. The molecule has 0 bridgehead atoms. The highest BCUT2D eigenvalue weighted by Gasteiger charge is 2.34. The summed E-state index contributed by atoms with van der Waals surface area (Å²) in [5.41, 5.74) is 3.00. The summed E-state index contributed by atoms with van der Waals surface area (Å²) in [6, 6.07) is 11.2. The van der Waals surface area contributed by atoms with Crippen LogP contribution in [0, 0.1) is 0 Å². The predicted octanol–water partition coefficient (Wildman–Crippen LogP) is 1.42. The molecule has 5 rings (SSSR count). The van der Waals surface area contributed by atoms with E-state index in [9.17, 15) is 9.59 Å². The molecular weight excluding hydrogens is 408 g/mol. The number of benzene rings is 1. The van der Waals surface area contributed by atoms with E-state index in [4.69, 9.17) is 4.74 Å². The number of ether oxygens (including phenoxy) is 1. The molecule has 2 aromatic heterocycles. The molecule has 0 radical (unpaired) electrons. The van der Waals surface area contributed by atoms with Gasteiger partial charge in [-0.2, -0.15) is 0 Å². The van der Waals surface area contributed by atoms with Crippen molar-refractivity contribution in [3.8, 4) is 11.4 Å². The van der Waals surface area contributed by atoms with Crippen molar-refractivity contribution in [3.05, 3.63) is 64.8 Å². The van der Waals surface area contributed by atoms with Crippen LogP contribution in [0.4, 0.5) is 11.6 Å². The molecule has 0 N–H and O–H groups in total. The second-order valence-electron chi connectivity index (χ2n) is 7.96. The molecule has 32 heavy (non-hydrogen) atoms. The lowest BCUT2D eigenvalue weighted by Crippen LogP contribution is -2.53. The highest BCUT2D eigenvalue weighted by Crippen LogP contribution is 2.28. The largest absolute Gasteiger partial charge is 0.365 e. The predicted molar refractivity (Wildman–Crippen MR) is 120 cm³/mol. The van der Waals surface area contributed by atoms with Crippen LogP contribution in [-0.2, 0) is 23.0 Å². The summed E-state index contributed by atoms with van der Waals surface area (Å²) >= 11 is 0. The number of anilines is 2. The molecule has 2 aliphatic rings. The quantitative estimate of drug-likeness (QED) is 0.618. The number of aromatic nitrogens is 4. The first-order chi connectivity index (χ1) is 15.6. The Bertz CT molecular complexity index is 1200.